The van der Waals surface area contributed by atoms with Gasteiger partial charge in [-0.15, -0.1) is 0 Å². The Morgan fingerprint density at radius 1 is 1.30 bits per heavy atom. The highest BCUT2D eigenvalue weighted by atomic mass is 35.5. The summed E-state index contributed by atoms with van der Waals surface area (Å²) in [4.78, 5) is 0. The lowest BCUT2D eigenvalue weighted by atomic mass is 10.1. The van der Waals surface area contributed by atoms with Gasteiger partial charge in [0, 0.05) is 19.8 Å². The topological polar surface area (TPSA) is 48.8 Å². The molecule has 0 saturated heterocycles. The van der Waals surface area contributed by atoms with E-state index in [9.17, 15) is 0 Å². The second-order valence-electron chi connectivity index (χ2n) is 4.97. The molecule has 0 saturated carbocycles. The van der Waals surface area contributed by atoms with Gasteiger partial charge in [0.1, 0.15) is 0 Å². The average Bonchev–Trinajstić information content (AvgIpc) is 2.96. The number of rotatable bonds is 3. The number of nitrogens with zero attached hydrogens (tertiary/aromatic N) is 3. The molecule has 5 heteroatoms. The van der Waals surface area contributed by atoms with Crippen molar-refractivity contribution in [2.24, 2.45) is 12.8 Å². The number of fused-ring (bicyclic) bond motifs is 1. The Kier molecular flexibility index (Phi) is 3.28. The van der Waals surface area contributed by atoms with Gasteiger partial charge >= 0.3 is 0 Å². The summed E-state index contributed by atoms with van der Waals surface area (Å²) in [6.07, 6.45) is 2.07. The molecule has 3 aromatic rings. The Hall–Kier alpha value is -1.78. The molecule has 0 aliphatic carbocycles. The van der Waals surface area contributed by atoms with Gasteiger partial charge in [0.05, 0.1) is 28.5 Å². The Labute approximate surface area is 122 Å². The molecule has 1 aromatic carbocycles. The van der Waals surface area contributed by atoms with E-state index in [0.717, 1.165) is 22.0 Å². The standard InChI is InChI=1S/C15H17ClN4/c1-10-14(16)13(19(2)18-10)9-20-7-6-11-4-3-5-12(8-17)15(11)20/h3-7H,8-9,17H2,1-2H3. The second-order valence-corrected chi connectivity index (χ2v) is 5.35. The van der Waals surface area contributed by atoms with Gasteiger partial charge in [-0.3, -0.25) is 4.68 Å². The first-order chi connectivity index (χ1) is 9.61. The van der Waals surface area contributed by atoms with Gasteiger partial charge < -0.3 is 10.3 Å². The van der Waals surface area contributed by atoms with Crippen LogP contribution in [0.5, 0.6) is 0 Å². The molecule has 0 aliphatic rings. The van der Waals surface area contributed by atoms with Crippen LogP contribution in [0.4, 0.5) is 0 Å². The quantitative estimate of drug-likeness (QED) is 0.806. The summed E-state index contributed by atoms with van der Waals surface area (Å²) < 4.78 is 4.02. The third-order valence-electron chi connectivity index (χ3n) is 3.67. The summed E-state index contributed by atoms with van der Waals surface area (Å²) in [7, 11) is 1.92. The maximum Gasteiger partial charge on any atom is 0.0865 e. The highest BCUT2D eigenvalue weighted by molar-refractivity contribution is 6.31. The van der Waals surface area contributed by atoms with Gasteiger partial charge in [0.15, 0.2) is 0 Å². The third kappa shape index (κ3) is 2.01. The predicted molar refractivity (Wildman–Crippen MR) is 81.9 cm³/mol. The van der Waals surface area contributed by atoms with Crippen LogP contribution in [0.2, 0.25) is 5.02 Å². The van der Waals surface area contributed by atoms with E-state index in [1.807, 2.05) is 24.7 Å². The Morgan fingerprint density at radius 3 is 2.75 bits per heavy atom. The fourth-order valence-electron chi connectivity index (χ4n) is 2.65. The van der Waals surface area contributed by atoms with Gasteiger partial charge in [0.2, 0.25) is 0 Å². The molecule has 0 radical (unpaired) electrons. The summed E-state index contributed by atoms with van der Waals surface area (Å²) >= 11 is 6.33. The number of aryl methyl sites for hydroxylation is 2. The van der Waals surface area contributed by atoms with Gasteiger partial charge in [0.25, 0.3) is 0 Å². The molecule has 0 fully saturated rings. The second kappa shape index (κ2) is 4.96. The zero-order valence-corrected chi connectivity index (χ0v) is 12.4. The van der Waals surface area contributed by atoms with Crippen molar-refractivity contribution in [1.82, 2.24) is 14.3 Å². The van der Waals surface area contributed by atoms with Gasteiger partial charge in [-0.05, 0) is 23.9 Å². The lowest BCUT2D eigenvalue weighted by molar-refractivity contribution is 0.672. The van der Waals surface area contributed by atoms with Crippen LogP contribution >= 0.6 is 11.6 Å². The van der Waals surface area contributed by atoms with E-state index in [1.54, 1.807) is 0 Å². The van der Waals surface area contributed by atoms with Gasteiger partial charge in [-0.1, -0.05) is 29.8 Å². The minimum atomic E-state index is 0.527. The minimum absolute atomic E-state index is 0.527. The first-order valence-electron chi connectivity index (χ1n) is 6.56. The molecule has 0 atom stereocenters. The Morgan fingerprint density at radius 2 is 2.10 bits per heavy atom. The van der Waals surface area contributed by atoms with E-state index in [0.29, 0.717) is 13.1 Å². The zero-order valence-electron chi connectivity index (χ0n) is 11.6. The molecule has 0 unspecified atom stereocenters. The van der Waals surface area contributed by atoms with Crippen molar-refractivity contribution < 1.29 is 0 Å². The van der Waals surface area contributed by atoms with Crippen molar-refractivity contribution in [1.29, 1.82) is 0 Å². The van der Waals surface area contributed by atoms with Crippen LogP contribution in [0.15, 0.2) is 30.5 Å². The molecular weight excluding hydrogens is 272 g/mol. The molecular formula is C15H17ClN4. The number of aromatic nitrogens is 3. The van der Waals surface area contributed by atoms with Gasteiger partial charge in [-0.2, -0.15) is 5.10 Å². The number of para-hydroxylation sites is 1. The number of halogens is 1. The van der Waals surface area contributed by atoms with Crippen molar-refractivity contribution in [2.45, 2.75) is 20.0 Å². The summed E-state index contributed by atoms with van der Waals surface area (Å²) in [6.45, 7) is 3.14. The first-order valence-corrected chi connectivity index (χ1v) is 6.94. The average molecular weight is 289 g/mol. The molecule has 3 rings (SSSR count). The molecule has 0 amide bonds. The van der Waals surface area contributed by atoms with E-state index < -0.39 is 0 Å². The number of hydrogen-bond acceptors (Lipinski definition) is 2. The number of hydrogen-bond donors (Lipinski definition) is 1. The molecule has 2 aromatic heterocycles. The third-order valence-corrected chi connectivity index (χ3v) is 4.17. The molecule has 0 bridgehead atoms. The van der Waals surface area contributed by atoms with Crippen LogP contribution in [-0.4, -0.2) is 14.3 Å². The summed E-state index contributed by atoms with van der Waals surface area (Å²) in [5, 5.41) is 6.29. The lowest BCUT2D eigenvalue weighted by Crippen LogP contribution is -2.07. The van der Waals surface area contributed by atoms with Crippen molar-refractivity contribution in [2.75, 3.05) is 0 Å². The van der Waals surface area contributed by atoms with E-state index in [4.69, 9.17) is 17.3 Å². The number of nitrogens with two attached hydrogens (primary N) is 1. The highest BCUT2D eigenvalue weighted by Gasteiger charge is 2.13. The van der Waals surface area contributed by atoms with Crippen LogP contribution in [0, 0.1) is 6.92 Å². The van der Waals surface area contributed by atoms with E-state index in [2.05, 4.69) is 34.1 Å². The minimum Gasteiger partial charge on any atom is -0.341 e. The fraction of sp³-hybridized carbons (Fsp3) is 0.267. The van der Waals surface area contributed by atoms with Crippen LogP contribution < -0.4 is 5.73 Å². The fourth-order valence-corrected chi connectivity index (χ4v) is 2.87. The largest absolute Gasteiger partial charge is 0.341 e. The van der Waals surface area contributed by atoms with Crippen molar-refractivity contribution in [3.63, 3.8) is 0 Å². The smallest absolute Gasteiger partial charge is 0.0865 e. The van der Waals surface area contributed by atoms with E-state index in [1.165, 1.54) is 10.9 Å². The summed E-state index contributed by atoms with van der Waals surface area (Å²) in [6, 6.07) is 8.30. The van der Waals surface area contributed by atoms with Gasteiger partial charge in [-0.25, -0.2) is 0 Å². The maximum absolute atomic E-state index is 6.33. The summed E-state index contributed by atoms with van der Waals surface area (Å²) in [5.41, 5.74) is 10.0. The molecule has 20 heavy (non-hydrogen) atoms. The molecule has 0 spiro atoms. The van der Waals surface area contributed by atoms with Crippen molar-refractivity contribution in [3.05, 3.63) is 52.4 Å². The Bertz CT molecular complexity index is 770. The van der Waals surface area contributed by atoms with Crippen LogP contribution in [0.25, 0.3) is 10.9 Å². The van der Waals surface area contributed by atoms with Crippen molar-refractivity contribution in [3.8, 4) is 0 Å². The SMILES string of the molecule is Cc1nn(C)c(Cn2ccc3cccc(CN)c32)c1Cl. The van der Waals surface area contributed by atoms with Crippen LogP contribution in [0.1, 0.15) is 17.0 Å². The normalized spacial score (nSPS) is 11.4. The number of benzene rings is 1. The lowest BCUT2D eigenvalue weighted by Gasteiger charge is -2.09. The monoisotopic (exact) mass is 288 g/mol. The zero-order chi connectivity index (χ0) is 14.3. The predicted octanol–water partition coefficient (Wildman–Crippen LogP) is 2.84. The molecule has 2 heterocycles. The van der Waals surface area contributed by atoms with Crippen LogP contribution in [-0.2, 0) is 20.1 Å². The van der Waals surface area contributed by atoms with Crippen molar-refractivity contribution >= 4 is 22.5 Å². The van der Waals surface area contributed by atoms with E-state index >= 15 is 0 Å². The first kappa shape index (κ1) is 13.2. The van der Waals surface area contributed by atoms with E-state index in [-0.39, 0.29) is 0 Å². The molecule has 2 N–H and O–H groups in total. The van der Waals surface area contributed by atoms with Crippen LogP contribution in [0.3, 0.4) is 0 Å². The molecule has 4 nitrogen and oxygen atoms in total. The Balaban J connectivity index is 2.11. The molecule has 104 valence electrons. The molecule has 0 aliphatic heterocycles. The highest BCUT2D eigenvalue weighted by Crippen LogP contribution is 2.25. The summed E-state index contributed by atoms with van der Waals surface area (Å²) in [5.74, 6) is 0. The maximum atomic E-state index is 6.33.